The van der Waals surface area contributed by atoms with Gasteiger partial charge in [0.25, 0.3) is 0 Å². The number of aryl methyl sites for hydroxylation is 1. The number of hydrogen-bond donors (Lipinski definition) is 1. The molecule has 0 spiro atoms. The van der Waals surface area contributed by atoms with Crippen molar-refractivity contribution in [3.63, 3.8) is 0 Å². The minimum absolute atomic E-state index is 0.000658. The first kappa shape index (κ1) is 17.8. The van der Waals surface area contributed by atoms with Gasteiger partial charge in [0.2, 0.25) is 5.91 Å². The molecule has 138 valence electrons. The fraction of sp³-hybridized carbons (Fsp3) is 0.722. The van der Waals surface area contributed by atoms with E-state index in [1.54, 1.807) is 6.20 Å². The van der Waals surface area contributed by atoms with E-state index in [0.717, 1.165) is 18.8 Å². The fourth-order valence-electron chi connectivity index (χ4n) is 4.03. The number of carbonyl (C=O) groups is 2. The summed E-state index contributed by atoms with van der Waals surface area (Å²) in [5.74, 6) is 1.51. The molecule has 1 aromatic heterocycles. The lowest BCUT2D eigenvalue weighted by molar-refractivity contribution is -0.133. The second kappa shape index (κ2) is 7.06. The van der Waals surface area contributed by atoms with E-state index in [9.17, 15) is 9.59 Å². The maximum Gasteiger partial charge on any atom is 0.318 e. The zero-order valence-electron chi connectivity index (χ0n) is 15.6. The van der Waals surface area contributed by atoms with Gasteiger partial charge in [0, 0.05) is 50.4 Å². The molecule has 3 amide bonds. The van der Waals surface area contributed by atoms with Crippen LogP contribution in [-0.4, -0.2) is 62.5 Å². The lowest BCUT2D eigenvalue weighted by Gasteiger charge is -2.38. The molecule has 25 heavy (non-hydrogen) atoms. The molecule has 2 aliphatic heterocycles. The minimum atomic E-state index is -0.000658. The average Bonchev–Trinajstić information content (AvgIpc) is 3.14. The molecule has 0 aromatic carbocycles. The molecule has 3 heterocycles. The zero-order chi connectivity index (χ0) is 18.1. The highest BCUT2D eigenvalue weighted by molar-refractivity contribution is 5.79. The Labute approximate surface area is 149 Å². The number of nitrogens with one attached hydrogen (secondary N) is 1. The van der Waals surface area contributed by atoms with Gasteiger partial charge in [0.1, 0.15) is 5.82 Å². The molecule has 1 aromatic rings. The minimum Gasteiger partial charge on any atom is -0.340 e. The molecule has 2 fully saturated rings. The molecule has 0 radical (unpaired) electrons. The molecule has 0 unspecified atom stereocenters. The molecule has 1 N–H and O–H groups in total. The molecular formula is C18H29N5O2. The summed E-state index contributed by atoms with van der Waals surface area (Å²) >= 11 is 0. The number of aromatic nitrogens is 2. The van der Waals surface area contributed by atoms with Crippen LogP contribution in [-0.2, 0) is 11.3 Å². The summed E-state index contributed by atoms with van der Waals surface area (Å²) in [5.41, 5.74) is 0. The molecular weight excluding hydrogens is 318 g/mol. The predicted molar refractivity (Wildman–Crippen MR) is 95.2 cm³/mol. The average molecular weight is 347 g/mol. The first-order valence-electron chi connectivity index (χ1n) is 9.26. The maximum atomic E-state index is 12.6. The molecule has 0 bridgehead atoms. The summed E-state index contributed by atoms with van der Waals surface area (Å²) in [6, 6.07) is 0.442. The third-order valence-electron chi connectivity index (χ3n) is 5.22. The summed E-state index contributed by atoms with van der Waals surface area (Å²) in [4.78, 5) is 33.0. The third kappa shape index (κ3) is 3.50. The first-order valence-corrected chi connectivity index (χ1v) is 9.26. The van der Waals surface area contributed by atoms with Gasteiger partial charge in [-0.05, 0) is 20.3 Å². The second-order valence-electron chi connectivity index (χ2n) is 7.64. The summed E-state index contributed by atoms with van der Waals surface area (Å²) in [5, 5.41) is 3.04. The number of piperidine rings is 1. The third-order valence-corrected chi connectivity index (χ3v) is 5.22. The van der Waals surface area contributed by atoms with Crippen molar-refractivity contribution in [1.82, 2.24) is 24.7 Å². The van der Waals surface area contributed by atoms with Crippen LogP contribution in [0, 0.1) is 0 Å². The largest absolute Gasteiger partial charge is 0.340 e. The topological polar surface area (TPSA) is 70.5 Å². The normalized spacial score (nSPS) is 23.4. The number of nitrogens with zero attached hydrogens (tertiary/aromatic N) is 4. The van der Waals surface area contributed by atoms with Crippen molar-refractivity contribution in [1.29, 1.82) is 0 Å². The van der Waals surface area contributed by atoms with Crippen molar-refractivity contribution >= 4 is 11.9 Å². The van der Waals surface area contributed by atoms with E-state index in [1.165, 1.54) is 0 Å². The molecule has 3 rings (SSSR count). The highest BCUT2D eigenvalue weighted by Gasteiger charge is 2.44. The van der Waals surface area contributed by atoms with Crippen LogP contribution in [0.5, 0.6) is 0 Å². The van der Waals surface area contributed by atoms with E-state index < -0.39 is 0 Å². The SMILES string of the molecule is CC(C)c1nccn1CCC(=O)N1CC[C@H]2[C@@H](C1)NC(=O)N2C(C)C. The summed E-state index contributed by atoms with van der Waals surface area (Å²) in [7, 11) is 0. The Kier molecular flexibility index (Phi) is 5.01. The highest BCUT2D eigenvalue weighted by Crippen LogP contribution is 2.25. The molecule has 7 heteroatoms. The van der Waals surface area contributed by atoms with Gasteiger partial charge in [-0.25, -0.2) is 9.78 Å². The van der Waals surface area contributed by atoms with Crippen LogP contribution in [0.15, 0.2) is 12.4 Å². The maximum absolute atomic E-state index is 12.6. The van der Waals surface area contributed by atoms with E-state index in [1.807, 2.05) is 29.8 Å². The number of fused-ring (bicyclic) bond motifs is 1. The Morgan fingerprint density at radius 2 is 2.12 bits per heavy atom. The van der Waals surface area contributed by atoms with Gasteiger partial charge in [0.05, 0.1) is 12.1 Å². The number of likely N-dealkylation sites (tertiary alicyclic amines) is 1. The Bertz CT molecular complexity index is 639. The number of carbonyl (C=O) groups excluding carboxylic acids is 2. The predicted octanol–water partition coefficient (Wildman–Crippen LogP) is 1.80. The van der Waals surface area contributed by atoms with E-state index in [4.69, 9.17) is 0 Å². The van der Waals surface area contributed by atoms with Crippen LogP contribution in [0.1, 0.15) is 52.3 Å². The second-order valence-corrected chi connectivity index (χ2v) is 7.64. The van der Waals surface area contributed by atoms with Crippen molar-refractivity contribution in [3.05, 3.63) is 18.2 Å². The number of imidazole rings is 1. The van der Waals surface area contributed by atoms with E-state index in [2.05, 4.69) is 28.7 Å². The molecule has 0 saturated carbocycles. The monoisotopic (exact) mass is 347 g/mol. The van der Waals surface area contributed by atoms with Crippen LogP contribution in [0.4, 0.5) is 4.79 Å². The van der Waals surface area contributed by atoms with Crippen molar-refractivity contribution in [3.8, 4) is 0 Å². The number of urea groups is 1. The van der Waals surface area contributed by atoms with Crippen molar-refractivity contribution in [2.75, 3.05) is 13.1 Å². The van der Waals surface area contributed by atoms with Gasteiger partial charge in [-0.1, -0.05) is 13.8 Å². The molecule has 7 nitrogen and oxygen atoms in total. The Hall–Kier alpha value is -2.05. The summed E-state index contributed by atoms with van der Waals surface area (Å²) in [6.07, 6.45) is 5.04. The van der Waals surface area contributed by atoms with E-state index in [-0.39, 0.29) is 30.1 Å². The molecule has 2 aliphatic rings. The number of rotatable bonds is 5. The van der Waals surface area contributed by atoms with Crippen LogP contribution < -0.4 is 5.32 Å². The Morgan fingerprint density at radius 1 is 1.36 bits per heavy atom. The highest BCUT2D eigenvalue weighted by atomic mass is 16.2. The molecule has 2 saturated heterocycles. The Morgan fingerprint density at radius 3 is 2.80 bits per heavy atom. The van der Waals surface area contributed by atoms with Crippen LogP contribution in [0.3, 0.4) is 0 Å². The first-order chi connectivity index (χ1) is 11.9. The van der Waals surface area contributed by atoms with Gasteiger partial charge in [0.15, 0.2) is 0 Å². The zero-order valence-corrected chi connectivity index (χ0v) is 15.6. The molecule has 0 aliphatic carbocycles. The van der Waals surface area contributed by atoms with Crippen molar-refractivity contribution < 1.29 is 9.59 Å². The van der Waals surface area contributed by atoms with Crippen molar-refractivity contribution in [2.45, 2.75) is 71.1 Å². The lowest BCUT2D eigenvalue weighted by Crippen LogP contribution is -2.53. The summed E-state index contributed by atoms with van der Waals surface area (Å²) in [6.45, 7) is 10.3. The lowest BCUT2D eigenvalue weighted by atomic mass is 9.98. The van der Waals surface area contributed by atoms with Gasteiger partial charge in [-0.2, -0.15) is 0 Å². The van der Waals surface area contributed by atoms with Crippen LogP contribution >= 0.6 is 0 Å². The number of amides is 3. The van der Waals surface area contributed by atoms with Gasteiger partial charge in [-0.3, -0.25) is 4.79 Å². The Balaban J connectivity index is 1.56. The van der Waals surface area contributed by atoms with E-state index >= 15 is 0 Å². The van der Waals surface area contributed by atoms with E-state index in [0.29, 0.717) is 25.4 Å². The standard InChI is InChI=1S/C18H29N5O2/c1-12(2)17-19-7-10-21(17)9-6-16(24)22-8-5-15-14(11-22)20-18(25)23(15)13(3)4/h7,10,12-15H,5-6,8-9,11H2,1-4H3,(H,20,25)/t14-,15+/m1/s1. The van der Waals surface area contributed by atoms with Gasteiger partial charge in [-0.15, -0.1) is 0 Å². The van der Waals surface area contributed by atoms with Crippen LogP contribution in [0.2, 0.25) is 0 Å². The molecule has 2 atom stereocenters. The fourth-order valence-corrected chi connectivity index (χ4v) is 4.03. The van der Waals surface area contributed by atoms with Crippen LogP contribution in [0.25, 0.3) is 0 Å². The van der Waals surface area contributed by atoms with Gasteiger partial charge >= 0.3 is 6.03 Å². The van der Waals surface area contributed by atoms with Crippen molar-refractivity contribution in [2.24, 2.45) is 0 Å². The smallest absolute Gasteiger partial charge is 0.318 e. The number of hydrogen-bond acceptors (Lipinski definition) is 3. The summed E-state index contributed by atoms with van der Waals surface area (Å²) < 4.78 is 2.06. The quantitative estimate of drug-likeness (QED) is 0.883. The van der Waals surface area contributed by atoms with Gasteiger partial charge < -0.3 is 19.7 Å².